The minimum absolute atomic E-state index is 0.322. The van der Waals surface area contributed by atoms with Gasteiger partial charge in [-0.2, -0.15) is 0 Å². The fourth-order valence-corrected chi connectivity index (χ4v) is 3.36. The van der Waals surface area contributed by atoms with E-state index in [2.05, 4.69) is 39.4 Å². The van der Waals surface area contributed by atoms with Gasteiger partial charge in [0.25, 0.3) is 0 Å². The molecule has 0 bridgehead atoms. The van der Waals surface area contributed by atoms with Crippen molar-refractivity contribution in [2.45, 2.75) is 18.6 Å². The van der Waals surface area contributed by atoms with E-state index >= 15 is 0 Å². The van der Waals surface area contributed by atoms with Crippen molar-refractivity contribution >= 4 is 0 Å². The fourth-order valence-electron chi connectivity index (χ4n) is 3.36. The number of hydrogen-bond donors (Lipinski definition) is 2. The van der Waals surface area contributed by atoms with Crippen LogP contribution in [-0.2, 0) is 4.74 Å². The molecule has 0 saturated carbocycles. The van der Waals surface area contributed by atoms with Crippen molar-refractivity contribution in [1.82, 2.24) is 25.3 Å². The molecule has 0 aliphatic carbocycles. The Labute approximate surface area is 136 Å². The molecule has 130 valence electrons. The molecule has 2 unspecified atom stereocenters. The molecule has 2 aliphatic heterocycles. The summed E-state index contributed by atoms with van der Waals surface area (Å²) in [6, 6.07) is 0.456. The lowest BCUT2D eigenvalue weighted by Gasteiger charge is -2.38. The van der Waals surface area contributed by atoms with Crippen LogP contribution >= 0.6 is 0 Å². The second-order valence-corrected chi connectivity index (χ2v) is 6.64. The second-order valence-electron chi connectivity index (χ2n) is 6.64. The highest BCUT2D eigenvalue weighted by molar-refractivity contribution is 4.84. The van der Waals surface area contributed by atoms with Gasteiger partial charge in [-0.15, -0.1) is 0 Å². The van der Waals surface area contributed by atoms with Gasteiger partial charge in [-0.3, -0.25) is 4.90 Å². The number of piperazine rings is 1. The van der Waals surface area contributed by atoms with Gasteiger partial charge in [-0.05, 0) is 34.1 Å². The Morgan fingerprint density at radius 2 is 1.82 bits per heavy atom. The van der Waals surface area contributed by atoms with Crippen LogP contribution in [0.2, 0.25) is 0 Å². The summed E-state index contributed by atoms with van der Waals surface area (Å²) in [6.07, 6.45) is 1.49. The van der Waals surface area contributed by atoms with E-state index in [1.165, 1.54) is 39.1 Å². The van der Waals surface area contributed by atoms with Crippen LogP contribution in [0.1, 0.15) is 6.42 Å². The van der Waals surface area contributed by atoms with Crippen LogP contribution in [0, 0.1) is 0 Å². The number of hydrogen-bond acceptors (Lipinski definition) is 6. The first-order valence-corrected chi connectivity index (χ1v) is 8.79. The van der Waals surface area contributed by atoms with Gasteiger partial charge in [-0.1, -0.05) is 0 Å². The van der Waals surface area contributed by atoms with Gasteiger partial charge >= 0.3 is 0 Å². The SMILES string of the molecule is CNCCN1CCOC(C(CCN2CCN(C)CC2)NC)C1. The molecular weight excluding hydrogens is 278 g/mol. The minimum Gasteiger partial charge on any atom is -0.374 e. The van der Waals surface area contributed by atoms with Gasteiger partial charge < -0.3 is 25.2 Å². The third-order valence-corrected chi connectivity index (χ3v) is 5.03. The topological polar surface area (TPSA) is 43.0 Å². The van der Waals surface area contributed by atoms with Crippen LogP contribution < -0.4 is 10.6 Å². The Hall–Kier alpha value is -0.240. The van der Waals surface area contributed by atoms with Crippen molar-refractivity contribution in [3.63, 3.8) is 0 Å². The highest BCUT2D eigenvalue weighted by Crippen LogP contribution is 2.12. The Kier molecular flexibility index (Phi) is 8.06. The summed E-state index contributed by atoms with van der Waals surface area (Å²) < 4.78 is 6.05. The van der Waals surface area contributed by atoms with Crippen LogP contribution in [0.4, 0.5) is 0 Å². The Morgan fingerprint density at radius 1 is 1.05 bits per heavy atom. The highest BCUT2D eigenvalue weighted by atomic mass is 16.5. The van der Waals surface area contributed by atoms with Gasteiger partial charge in [0.05, 0.1) is 12.7 Å². The molecule has 2 saturated heterocycles. The molecule has 2 aliphatic rings. The summed E-state index contributed by atoms with van der Waals surface area (Å²) in [5, 5.41) is 6.73. The third kappa shape index (κ3) is 5.76. The number of rotatable bonds is 8. The molecule has 22 heavy (non-hydrogen) atoms. The molecule has 0 aromatic heterocycles. The zero-order valence-electron chi connectivity index (χ0n) is 14.7. The lowest BCUT2D eigenvalue weighted by atomic mass is 10.0. The van der Waals surface area contributed by atoms with E-state index in [0.29, 0.717) is 12.1 Å². The predicted octanol–water partition coefficient (Wildman–Crippen LogP) is -0.868. The van der Waals surface area contributed by atoms with Crippen molar-refractivity contribution in [3.05, 3.63) is 0 Å². The van der Waals surface area contributed by atoms with Gasteiger partial charge in [0.15, 0.2) is 0 Å². The summed E-state index contributed by atoms with van der Waals surface area (Å²) in [7, 11) is 6.30. The normalized spacial score (nSPS) is 27.1. The molecule has 0 radical (unpaired) electrons. The fraction of sp³-hybridized carbons (Fsp3) is 1.00. The Morgan fingerprint density at radius 3 is 2.50 bits per heavy atom. The van der Waals surface area contributed by atoms with Crippen molar-refractivity contribution in [1.29, 1.82) is 0 Å². The standard InChI is InChI=1S/C16H35N5O/c1-17-5-7-21-12-13-22-16(14-21)15(18-2)4-6-20-10-8-19(3)9-11-20/h15-18H,4-14H2,1-3H3. The molecule has 0 aromatic carbocycles. The van der Waals surface area contributed by atoms with Crippen molar-refractivity contribution in [2.24, 2.45) is 0 Å². The molecule has 2 atom stereocenters. The largest absolute Gasteiger partial charge is 0.374 e. The number of nitrogens with zero attached hydrogens (tertiary/aromatic N) is 3. The first kappa shape index (κ1) is 18.1. The highest BCUT2D eigenvalue weighted by Gasteiger charge is 2.27. The molecule has 2 fully saturated rings. The van der Waals surface area contributed by atoms with Crippen molar-refractivity contribution in [3.8, 4) is 0 Å². The number of morpholine rings is 1. The average Bonchev–Trinajstić information content (AvgIpc) is 2.55. The predicted molar refractivity (Wildman–Crippen MR) is 91.5 cm³/mol. The average molecular weight is 313 g/mol. The smallest absolute Gasteiger partial charge is 0.0855 e. The van der Waals surface area contributed by atoms with Gasteiger partial charge in [0.1, 0.15) is 0 Å². The van der Waals surface area contributed by atoms with Gasteiger partial charge in [-0.25, -0.2) is 0 Å². The van der Waals surface area contributed by atoms with E-state index in [1.54, 1.807) is 0 Å². The number of likely N-dealkylation sites (N-methyl/N-ethyl adjacent to an activating group) is 3. The summed E-state index contributed by atoms with van der Waals surface area (Å²) in [4.78, 5) is 7.52. The first-order valence-electron chi connectivity index (χ1n) is 8.79. The lowest BCUT2D eigenvalue weighted by molar-refractivity contribution is -0.0474. The summed E-state index contributed by atoms with van der Waals surface area (Å²) in [5.74, 6) is 0. The molecular formula is C16H35N5O. The van der Waals surface area contributed by atoms with Crippen LogP contribution in [0.5, 0.6) is 0 Å². The van der Waals surface area contributed by atoms with Crippen LogP contribution in [0.25, 0.3) is 0 Å². The zero-order chi connectivity index (χ0) is 15.8. The molecule has 0 amide bonds. The number of nitrogens with one attached hydrogen (secondary N) is 2. The summed E-state index contributed by atoms with van der Waals surface area (Å²) in [5.41, 5.74) is 0. The number of ether oxygens (including phenoxy) is 1. The van der Waals surface area contributed by atoms with Crippen molar-refractivity contribution < 1.29 is 4.74 Å². The minimum atomic E-state index is 0.322. The van der Waals surface area contributed by atoms with Crippen molar-refractivity contribution in [2.75, 3.05) is 86.7 Å². The van der Waals surface area contributed by atoms with Crippen LogP contribution in [0.3, 0.4) is 0 Å². The molecule has 0 spiro atoms. The first-order chi connectivity index (χ1) is 10.7. The zero-order valence-corrected chi connectivity index (χ0v) is 14.7. The molecule has 0 aromatic rings. The van der Waals surface area contributed by atoms with E-state index in [9.17, 15) is 0 Å². The van der Waals surface area contributed by atoms with E-state index in [4.69, 9.17) is 4.74 Å². The van der Waals surface area contributed by atoms with E-state index in [-0.39, 0.29) is 0 Å². The second kappa shape index (κ2) is 9.80. The Bertz CT molecular complexity index is 296. The molecule has 2 N–H and O–H groups in total. The summed E-state index contributed by atoms with van der Waals surface area (Å²) >= 11 is 0. The molecule has 2 rings (SSSR count). The Balaban J connectivity index is 1.73. The lowest BCUT2D eigenvalue weighted by Crippen LogP contribution is -2.53. The van der Waals surface area contributed by atoms with E-state index < -0.39 is 0 Å². The monoisotopic (exact) mass is 313 g/mol. The molecule has 6 heteroatoms. The quantitative estimate of drug-likeness (QED) is 0.607. The molecule has 2 heterocycles. The maximum Gasteiger partial charge on any atom is 0.0855 e. The maximum absolute atomic E-state index is 6.05. The molecule has 6 nitrogen and oxygen atoms in total. The third-order valence-electron chi connectivity index (χ3n) is 5.03. The van der Waals surface area contributed by atoms with E-state index in [0.717, 1.165) is 32.8 Å². The van der Waals surface area contributed by atoms with Crippen LogP contribution in [-0.4, -0.2) is 113 Å². The summed E-state index contributed by atoms with van der Waals surface area (Å²) in [6.45, 7) is 11.1. The maximum atomic E-state index is 6.05. The van der Waals surface area contributed by atoms with Gasteiger partial charge in [0.2, 0.25) is 0 Å². The van der Waals surface area contributed by atoms with Crippen LogP contribution in [0.15, 0.2) is 0 Å². The van der Waals surface area contributed by atoms with Gasteiger partial charge in [0, 0.05) is 58.4 Å². The van der Waals surface area contributed by atoms with E-state index in [1.807, 2.05) is 7.05 Å².